The van der Waals surface area contributed by atoms with Gasteiger partial charge in [-0.2, -0.15) is 0 Å². The van der Waals surface area contributed by atoms with Gasteiger partial charge in [-0.3, -0.25) is 4.79 Å². The largest absolute Gasteiger partial charge is 0.288 e. The van der Waals surface area contributed by atoms with Gasteiger partial charge in [0.05, 0.1) is 0 Å². The van der Waals surface area contributed by atoms with Crippen LogP contribution in [0.4, 0.5) is 0 Å². The Morgan fingerprint density at radius 2 is 1.08 bits per heavy atom. The minimum absolute atomic E-state index is 0.249. The van der Waals surface area contributed by atoms with E-state index >= 15 is 0 Å². The lowest BCUT2D eigenvalue weighted by Crippen LogP contribution is -2.23. The fraction of sp³-hybridized carbons (Fsp3) is 0.208. The maximum absolute atomic E-state index is 13.8. The lowest BCUT2D eigenvalue weighted by molar-refractivity contribution is 0.108. The van der Waals surface area contributed by atoms with Crippen LogP contribution < -0.4 is 10.6 Å². The molecule has 0 bridgehead atoms. The molecule has 0 spiro atoms. The molecule has 26 heavy (non-hydrogen) atoms. The minimum Gasteiger partial charge on any atom is -0.288 e. The third kappa shape index (κ3) is 3.50. The van der Waals surface area contributed by atoms with Crippen molar-refractivity contribution in [3.8, 4) is 0 Å². The molecule has 0 saturated carbocycles. The average molecular weight is 360 g/mol. The number of hydrogen-bond donors (Lipinski definition) is 0. The lowest BCUT2D eigenvalue weighted by Gasteiger charge is -2.23. The molecule has 2 heteroatoms. The molecule has 0 fully saturated rings. The molecule has 0 aromatic heterocycles. The van der Waals surface area contributed by atoms with Gasteiger partial charge in [0.25, 0.3) is 0 Å². The zero-order valence-corrected chi connectivity index (χ0v) is 17.0. The minimum atomic E-state index is -1.11. The van der Waals surface area contributed by atoms with E-state index in [1.54, 1.807) is 0 Å². The molecule has 0 heterocycles. The van der Waals surface area contributed by atoms with Gasteiger partial charge in [-0.05, 0) is 67.5 Å². The second-order valence-electron chi connectivity index (χ2n) is 6.99. The van der Waals surface area contributed by atoms with Crippen LogP contribution >= 0.6 is 7.92 Å². The Labute approximate surface area is 157 Å². The van der Waals surface area contributed by atoms with Crippen LogP contribution in [0.3, 0.4) is 0 Å². The molecule has 132 valence electrons. The summed E-state index contributed by atoms with van der Waals surface area (Å²) in [6.45, 7) is 10.4. The summed E-state index contributed by atoms with van der Waals surface area (Å²) in [5.74, 6) is 0. The highest BCUT2D eigenvalue weighted by Gasteiger charge is 2.28. The van der Waals surface area contributed by atoms with Crippen LogP contribution in [-0.4, -0.2) is 5.52 Å². The molecule has 0 aliphatic rings. The Morgan fingerprint density at radius 1 is 0.654 bits per heavy atom. The summed E-state index contributed by atoms with van der Waals surface area (Å²) in [6.07, 6.45) is 0. The molecule has 0 unspecified atom stereocenters. The van der Waals surface area contributed by atoms with Crippen molar-refractivity contribution in [3.05, 3.63) is 94.0 Å². The van der Waals surface area contributed by atoms with Crippen LogP contribution in [0.15, 0.2) is 60.7 Å². The van der Waals surface area contributed by atoms with E-state index in [0.717, 1.165) is 27.3 Å². The van der Waals surface area contributed by atoms with Crippen LogP contribution in [0.5, 0.6) is 0 Å². The van der Waals surface area contributed by atoms with Gasteiger partial charge in [0.2, 0.25) is 0 Å². The molecule has 0 aliphatic heterocycles. The van der Waals surface area contributed by atoms with Crippen LogP contribution in [0, 0.1) is 34.6 Å². The molecule has 0 atom stereocenters. The van der Waals surface area contributed by atoms with Gasteiger partial charge in [-0.25, -0.2) is 0 Å². The molecular weight excluding hydrogens is 335 g/mol. The Kier molecular flexibility index (Phi) is 5.39. The zero-order chi connectivity index (χ0) is 18.8. The Hall–Kier alpha value is -2.24. The van der Waals surface area contributed by atoms with Crippen molar-refractivity contribution in [3.63, 3.8) is 0 Å². The highest BCUT2D eigenvalue weighted by Crippen LogP contribution is 2.41. The lowest BCUT2D eigenvalue weighted by atomic mass is 10.0. The molecule has 1 nitrogen and oxygen atoms in total. The maximum atomic E-state index is 13.8. The van der Waals surface area contributed by atoms with Crippen molar-refractivity contribution in [2.45, 2.75) is 34.6 Å². The first kappa shape index (κ1) is 18.5. The van der Waals surface area contributed by atoms with Gasteiger partial charge >= 0.3 is 0 Å². The molecule has 0 amide bonds. The van der Waals surface area contributed by atoms with Gasteiger partial charge in [-0.1, -0.05) is 66.2 Å². The number of benzene rings is 3. The first-order valence-electron chi connectivity index (χ1n) is 8.93. The second-order valence-corrected chi connectivity index (χ2v) is 9.03. The van der Waals surface area contributed by atoms with Crippen molar-refractivity contribution in [1.29, 1.82) is 0 Å². The summed E-state index contributed by atoms with van der Waals surface area (Å²) in [4.78, 5) is 13.8. The van der Waals surface area contributed by atoms with E-state index in [2.05, 4.69) is 71.0 Å². The number of aryl methyl sites for hydroxylation is 5. The number of carbonyl (C=O) groups excluding carboxylic acids is 1. The highest BCUT2D eigenvalue weighted by atomic mass is 31.1. The Balaban J connectivity index is 2.24. The third-order valence-corrected chi connectivity index (χ3v) is 7.40. The number of rotatable bonds is 4. The van der Waals surface area contributed by atoms with Crippen molar-refractivity contribution in [2.75, 3.05) is 0 Å². The fourth-order valence-electron chi connectivity index (χ4n) is 3.61. The van der Waals surface area contributed by atoms with E-state index in [9.17, 15) is 4.79 Å². The van der Waals surface area contributed by atoms with Crippen LogP contribution in [0.2, 0.25) is 0 Å². The predicted molar refractivity (Wildman–Crippen MR) is 114 cm³/mol. The van der Waals surface area contributed by atoms with Crippen LogP contribution in [-0.2, 0) is 0 Å². The first-order valence-corrected chi connectivity index (χ1v) is 10.3. The first-order chi connectivity index (χ1) is 12.4. The smallest absolute Gasteiger partial charge is 0.193 e. The summed E-state index contributed by atoms with van der Waals surface area (Å²) < 4.78 is 0. The van der Waals surface area contributed by atoms with Crippen molar-refractivity contribution in [1.82, 2.24) is 0 Å². The SMILES string of the molecule is Cc1cc(C)c(C(=O)P(c2ccccc2C)c2ccccc2C)c(C)c1. The van der Waals surface area contributed by atoms with Crippen LogP contribution in [0.25, 0.3) is 0 Å². The summed E-state index contributed by atoms with van der Waals surface area (Å²) in [5, 5.41) is 2.31. The summed E-state index contributed by atoms with van der Waals surface area (Å²) >= 11 is 0. The highest BCUT2D eigenvalue weighted by molar-refractivity contribution is 7.88. The topological polar surface area (TPSA) is 17.1 Å². The maximum Gasteiger partial charge on any atom is 0.193 e. The molecule has 0 N–H and O–H groups in total. The number of carbonyl (C=O) groups is 1. The van der Waals surface area contributed by atoms with Gasteiger partial charge in [0.1, 0.15) is 0 Å². The molecule has 3 aromatic rings. The molecular formula is C24H25OP. The van der Waals surface area contributed by atoms with Crippen molar-refractivity contribution < 1.29 is 4.79 Å². The predicted octanol–water partition coefficient (Wildman–Crippen LogP) is 5.50. The molecule has 0 saturated heterocycles. The zero-order valence-electron chi connectivity index (χ0n) is 16.1. The Bertz CT molecular complexity index is 903. The van der Waals surface area contributed by atoms with E-state index in [-0.39, 0.29) is 5.52 Å². The van der Waals surface area contributed by atoms with Crippen LogP contribution in [0.1, 0.15) is 38.2 Å². The van der Waals surface area contributed by atoms with Gasteiger partial charge in [-0.15, -0.1) is 0 Å². The summed E-state index contributed by atoms with van der Waals surface area (Å²) in [6, 6.07) is 20.8. The van der Waals surface area contributed by atoms with Gasteiger partial charge in [0.15, 0.2) is 5.52 Å². The third-order valence-electron chi connectivity index (χ3n) is 4.81. The number of hydrogen-bond acceptors (Lipinski definition) is 1. The van der Waals surface area contributed by atoms with Gasteiger partial charge in [0, 0.05) is 13.5 Å². The van der Waals surface area contributed by atoms with Gasteiger partial charge < -0.3 is 0 Å². The molecule has 0 aliphatic carbocycles. The monoisotopic (exact) mass is 360 g/mol. The standard InChI is InChI=1S/C24H25OP/c1-16-14-19(4)23(20(5)15-16)24(25)26(21-12-8-6-10-17(21)2)22-13-9-7-11-18(22)3/h6-15H,1-5H3. The molecule has 3 aromatic carbocycles. The Morgan fingerprint density at radius 3 is 1.50 bits per heavy atom. The van der Waals surface area contributed by atoms with Crippen molar-refractivity contribution in [2.24, 2.45) is 0 Å². The van der Waals surface area contributed by atoms with E-state index < -0.39 is 7.92 Å². The molecule has 0 radical (unpaired) electrons. The van der Waals surface area contributed by atoms with E-state index in [4.69, 9.17) is 0 Å². The summed E-state index contributed by atoms with van der Waals surface area (Å²) in [7, 11) is -1.11. The van der Waals surface area contributed by atoms with E-state index in [0.29, 0.717) is 0 Å². The van der Waals surface area contributed by atoms with Crippen molar-refractivity contribution >= 4 is 24.1 Å². The van der Waals surface area contributed by atoms with E-state index in [1.165, 1.54) is 16.7 Å². The normalized spacial score (nSPS) is 11.0. The quantitative estimate of drug-likeness (QED) is 0.561. The van der Waals surface area contributed by atoms with E-state index in [1.807, 2.05) is 24.3 Å². The second kappa shape index (κ2) is 7.56. The fourth-order valence-corrected chi connectivity index (χ4v) is 6.20. The molecule has 3 rings (SSSR count). The average Bonchev–Trinajstić information content (AvgIpc) is 2.57. The summed E-state index contributed by atoms with van der Waals surface area (Å²) in [5.41, 5.74) is 6.83.